The van der Waals surface area contributed by atoms with Crippen molar-refractivity contribution in [2.45, 2.75) is 71.1 Å². The summed E-state index contributed by atoms with van der Waals surface area (Å²) >= 11 is 0. The first kappa shape index (κ1) is 26.6. The van der Waals surface area contributed by atoms with Crippen molar-refractivity contribution in [2.24, 2.45) is 0 Å². The summed E-state index contributed by atoms with van der Waals surface area (Å²) in [5.74, 6) is -0.909. The second-order valence-electron chi connectivity index (χ2n) is 6.69. The van der Waals surface area contributed by atoms with Crippen molar-refractivity contribution in [3.8, 4) is 0 Å². The fourth-order valence-corrected chi connectivity index (χ4v) is 1.88. The summed E-state index contributed by atoms with van der Waals surface area (Å²) in [6, 6.07) is 0. The van der Waals surface area contributed by atoms with Crippen molar-refractivity contribution in [2.75, 3.05) is 34.3 Å². The largest absolute Gasteiger partial charge is 0.550 e. The lowest BCUT2D eigenvalue weighted by Crippen LogP contribution is -2.36. The van der Waals surface area contributed by atoms with E-state index in [1.807, 2.05) is 0 Å². The first-order valence-electron chi connectivity index (χ1n) is 8.44. The van der Waals surface area contributed by atoms with Gasteiger partial charge in [-0.25, -0.2) is 0 Å². The zero-order valence-corrected chi connectivity index (χ0v) is 15.9. The van der Waals surface area contributed by atoms with Gasteiger partial charge in [0.2, 0.25) is 0 Å². The number of hydrogen-bond donors (Lipinski definition) is 1. The number of halogens is 1. The summed E-state index contributed by atoms with van der Waals surface area (Å²) in [6.45, 7) is 3.34. The van der Waals surface area contributed by atoms with Crippen LogP contribution in [0.1, 0.15) is 71.1 Å². The standard InChI is InChI=1S/C12H24O2.C5H14NO.ClH/c1-2-3-4-5-6-7-8-9-10-11-12(13)14;1-6(2,3)4-5-7;/h2-11H2,1H3,(H,13,14);7H,4-5H2,1-3H3;1H/q;+1;/p-1. The highest BCUT2D eigenvalue weighted by atomic mass is 35.5. The van der Waals surface area contributed by atoms with Gasteiger partial charge in [0.25, 0.3) is 0 Å². The van der Waals surface area contributed by atoms with Crippen LogP contribution in [0.5, 0.6) is 0 Å². The van der Waals surface area contributed by atoms with Gasteiger partial charge in [0.05, 0.1) is 27.7 Å². The maximum absolute atomic E-state index is 10.1. The number of aliphatic hydroxyl groups is 1. The summed E-state index contributed by atoms with van der Waals surface area (Å²) < 4.78 is 0.844. The molecule has 0 saturated heterocycles. The summed E-state index contributed by atoms with van der Waals surface area (Å²) in [6.07, 6.45) is 11.2. The van der Waals surface area contributed by atoms with Crippen LogP contribution in [-0.4, -0.2) is 49.9 Å². The zero-order valence-electron chi connectivity index (χ0n) is 15.1. The molecule has 0 heterocycles. The van der Waals surface area contributed by atoms with Gasteiger partial charge in [0.15, 0.2) is 0 Å². The van der Waals surface area contributed by atoms with E-state index in [1.54, 1.807) is 0 Å². The lowest BCUT2D eigenvalue weighted by molar-refractivity contribution is -0.870. The molecular weight excluding hydrogens is 302 g/mol. The molecule has 0 bridgehead atoms. The van der Waals surface area contributed by atoms with E-state index < -0.39 is 5.97 Å². The molecule has 0 fully saturated rings. The molecule has 0 aromatic heterocycles. The van der Waals surface area contributed by atoms with E-state index in [-0.39, 0.29) is 25.4 Å². The third-order valence-electron chi connectivity index (χ3n) is 3.26. The fourth-order valence-electron chi connectivity index (χ4n) is 1.88. The van der Waals surface area contributed by atoms with Gasteiger partial charge in [0, 0.05) is 5.97 Å². The van der Waals surface area contributed by atoms with Crippen molar-refractivity contribution in [1.82, 2.24) is 0 Å². The number of carbonyl (C=O) groups is 1. The molecule has 5 heteroatoms. The Labute approximate surface area is 143 Å². The number of carboxylic acid groups (broad SMARTS) is 1. The van der Waals surface area contributed by atoms with Gasteiger partial charge in [-0.2, -0.15) is 0 Å². The monoisotopic (exact) mass is 339 g/mol. The molecule has 0 amide bonds. The van der Waals surface area contributed by atoms with Crippen LogP contribution in [-0.2, 0) is 4.79 Å². The van der Waals surface area contributed by atoms with Crippen molar-refractivity contribution in [3.05, 3.63) is 0 Å². The molecule has 0 aromatic carbocycles. The Morgan fingerprint density at radius 2 is 1.32 bits per heavy atom. The molecule has 1 N–H and O–H groups in total. The van der Waals surface area contributed by atoms with Crippen LogP contribution in [0, 0.1) is 0 Å². The Kier molecular flexibility index (Phi) is 22.6. The van der Waals surface area contributed by atoms with Gasteiger partial charge in [-0.3, -0.25) is 0 Å². The van der Waals surface area contributed by atoms with Gasteiger partial charge >= 0.3 is 0 Å². The molecule has 0 aliphatic heterocycles. The molecule has 0 unspecified atom stereocenters. The predicted molar refractivity (Wildman–Crippen MR) is 94.1 cm³/mol. The zero-order chi connectivity index (χ0) is 16.6. The summed E-state index contributed by atoms with van der Waals surface area (Å²) in [7, 11) is 6.16. The van der Waals surface area contributed by atoms with Gasteiger partial charge in [0.1, 0.15) is 6.54 Å². The van der Waals surface area contributed by atoms with Gasteiger partial charge in [-0.1, -0.05) is 58.3 Å². The highest BCUT2D eigenvalue weighted by Crippen LogP contribution is 2.10. The molecule has 0 radical (unpaired) electrons. The first-order chi connectivity index (χ1) is 9.83. The van der Waals surface area contributed by atoms with Crippen LogP contribution in [0.2, 0.25) is 0 Å². The topological polar surface area (TPSA) is 60.4 Å². The SMILES string of the molecule is CCCCCCCCCCCC(=O)[O-].C[N+](C)(C)CCO.Cl. The predicted octanol–water partition coefficient (Wildman–Crippen LogP) is 2.76. The third kappa shape index (κ3) is 31.9. The average molecular weight is 340 g/mol. The lowest BCUT2D eigenvalue weighted by Gasteiger charge is -2.21. The molecule has 22 heavy (non-hydrogen) atoms. The lowest BCUT2D eigenvalue weighted by atomic mass is 10.1. The van der Waals surface area contributed by atoms with Crippen LogP contribution in [0.25, 0.3) is 0 Å². The molecule has 0 saturated carbocycles. The fraction of sp³-hybridized carbons (Fsp3) is 0.941. The maximum Gasteiger partial charge on any atom is 0.101 e. The van der Waals surface area contributed by atoms with E-state index in [1.165, 1.54) is 44.9 Å². The minimum absolute atomic E-state index is 0. The Balaban J connectivity index is -0.000000385. The number of rotatable bonds is 12. The molecule has 0 rings (SSSR count). The van der Waals surface area contributed by atoms with Crippen LogP contribution in [0.15, 0.2) is 0 Å². The van der Waals surface area contributed by atoms with Gasteiger partial charge in [-0.05, 0) is 12.8 Å². The molecular formula is C17H38ClNO3. The average Bonchev–Trinajstić information content (AvgIpc) is 2.36. The van der Waals surface area contributed by atoms with Crippen molar-refractivity contribution in [1.29, 1.82) is 0 Å². The Bertz CT molecular complexity index is 230. The number of quaternary nitrogens is 1. The number of aliphatic carboxylic acids is 1. The van der Waals surface area contributed by atoms with Crippen molar-refractivity contribution in [3.63, 3.8) is 0 Å². The highest BCUT2D eigenvalue weighted by Gasteiger charge is 2.02. The van der Waals surface area contributed by atoms with Crippen LogP contribution in [0.3, 0.4) is 0 Å². The number of carboxylic acids is 1. The van der Waals surface area contributed by atoms with E-state index in [9.17, 15) is 9.90 Å². The van der Waals surface area contributed by atoms with Crippen LogP contribution < -0.4 is 5.11 Å². The van der Waals surface area contributed by atoms with E-state index in [4.69, 9.17) is 5.11 Å². The highest BCUT2D eigenvalue weighted by molar-refractivity contribution is 5.85. The van der Waals surface area contributed by atoms with Crippen molar-refractivity contribution < 1.29 is 19.5 Å². The molecule has 0 atom stereocenters. The molecule has 0 aromatic rings. The number of likely N-dealkylation sites (N-methyl/N-ethyl adjacent to an activating group) is 1. The Hall–Kier alpha value is -0.320. The van der Waals surface area contributed by atoms with E-state index in [2.05, 4.69) is 28.1 Å². The molecule has 0 aliphatic rings. The third-order valence-corrected chi connectivity index (χ3v) is 3.26. The second kappa shape index (κ2) is 18.7. The Morgan fingerprint density at radius 1 is 0.909 bits per heavy atom. The quantitative estimate of drug-likeness (QED) is 0.439. The van der Waals surface area contributed by atoms with E-state index in [0.717, 1.165) is 23.9 Å². The number of unbranched alkanes of at least 4 members (excludes halogenated alkanes) is 8. The normalized spacial score (nSPS) is 10.4. The van der Waals surface area contributed by atoms with Gasteiger partial charge < -0.3 is 19.5 Å². The number of nitrogens with zero attached hydrogens (tertiary/aromatic N) is 1. The minimum Gasteiger partial charge on any atom is -0.550 e. The van der Waals surface area contributed by atoms with Crippen LogP contribution in [0.4, 0.5) is 0 Å². The van der Waals surface area contributed by atoms with E-state index >= 15 is 0 Å². The maximum atomic E-state index is 10.1. The van der Waals surface area contributed by atoms with Crippen LogP contribution >= 0.6 is 12.4 Å². The molecule has 4 nitrogen and oxygen atoms in total. The van der Waals surface area contributed by atoms with Gasteiger partial charge in [-0.15, -0.1) is 12.4 Å². The smallest absolute Gasteiger partial charge is 0.101 e. The second-order valence-corrected chi connectivity index (χ2v) is 6.69. The first-order valence-corrected chi connectivity index (χ1v) is 8.44. The molecule has 0 spiro atoms. The van der Waals surface area contributed by atoms with Crippen molar-refractivity contribution >= 4 is 18.4 Å². The number of carbonyl (C=O) groups excluding carboxylic acids is 1. The minimum atomic E-state index is -0.909. The molecule has 0 aliphatic carbocycles. The Morgan fingerprint density at radius 3 is 1.59 bits per heavy atom. The van der Waals surface area contributed by atoms with E-state index in [0.29, 0.717) is 0 Å². The summed E-state index contributed by atoms with van der Waals surface area (Å²) in [4.78, 5) is 10.1. The summed E-state index contributed by atoms with van der Waals surface area (Å²) in [5.41, 5.74) is 0. The summed E-state index contributed by atoms with van der Waals surface area (Å²) in [5, 5.41) is 18.5. The number of hydrogen-bond acceptors (Lipinski definition) is 3. The number of aliphatic hydroxyl groups excluding tert-OH is 1. The molecule has 136 valence electrons.